The monoisotopic (exact) mass is 297 g/mol. The molecule has 0 fully saturated rings. The molecule has 82 valence electrons. The van der Waals surface area contributed by atoms with Crippen LogP contribution in [0.5, 0.6) is 0 Å². The number of anilines is 2. The van der Waals surface area contributed by atoms with Gasteiger partial charge in [-0.05, 0) is 46.6 Å². The Bertz CT molecular complexity index is 499. The first-order chi connectivity index (χ1) is 7.66. The van der Waals surface area contributed by atoms with Crippen LogP contribution in [0.15, 0.2) is 34.8 Å². The summed E-state index contributed by atoms with van der Waals surface area (Å²) in [5.74, 6) is 0.663. The van der Waals surface area contributed by atoms with E-state index in [1.54, 1.807) is 12.1 Å². The van der Waals surface area contributed by atoms with Gasteiger partial charge in [0.2, 0.25) is 0 Å². The van der Waals surface area contributed by atoms with Crippen LogP contribution < -0.4 is 5.32 Å². The van der Waals surface area contributed by atoms with Crippen LogP contribution in [0.25, 0.3) is 0 Å². The van der Waals surface area contributed by atoms with Gasteiger partial charge in [-0.15, -0.1) is 10.2 Å². The van der Waals surface area contributed by atoms with E-state index in [2.05, 4.69) is 31.4 Å². The molecule has 0 aliphatic rings. The highest BCUT2D eigenvalue weighted by molar-refractivity contribution is 9.10. The van der Waals surface area contributed by atoms with Gasteiger partial charge in [-0.1, -0.05) is 23.7 Å². The molecule has 0 radical (unpaired) electrons. The molecule has 2 rings (SSSR count). The number of nitrogens with one attached hydrogen (secondary N) is 1. The number of nitrogens with zero attached hydrogens (tertiary/aromatic N) is 2. The second-order valence-electron chi connectivity index (χ2n) is 3.30. The molecular formula is C11H9BrClN3. The molecular weight excluding hydrogens is 289 g/mol. The van der Waals surface area contributed by atoms with Crippen molar-refractivity contribution in [3.8, 4) is 0 Å². The lowest BCUT2D eigenvalue weighted by Crippen LogP contribution is -1.96. The van der Waals surface area contributed by atoms with E-state index in [1.807, 2.05) is 25.1 Å². The topological polar surface area (TPSA) is 37.8 Å². The van der Waals surface area contributed by atoms with Gasteiger partial charge >= 0.3 is 0 Å². The first kappa shape index (κ1) is 11.4. The molecule has 0 saturated carbocycles. The van der Waals surface area contributed by atoms with Gasteiger partial charge in [0.25, 0.3) is 0 Å². The van der Waals surface area contributed by atoms with Gasteiger partial charge in [0.15, 0.2) is 11.0 Å². The van der Waals surface area contributed by atoms with Crippen LogP contribution in [0.1, 0.15) is 5.56 Å². The molecule has 1 aromatic heterocycles. The largest absolute Gasteiger partial charge is 0.338 e. The molecule has 0 saturated heterocycles. The lowest BCUT2D eigenvalue weighted by atomic mass is 10.2. The summed E-state index contributed by atoms with van der Waals surface area (Å²) in [6.45, 7) is 2.03. The normalized spacial score (nSPS) is 10.2. The Balaban J connectivity index is 2.27. The van der Waals surface area contributed by atoms with Crippen molar-refractivity contribution in [1.82, 2.24) is 10.2 Å². The van der Waals surface area contributed by atoms with Gasteiger partial charge in [0.05, 0.1) is 5.69 Å². The molecule has 5 heteroatoms. The predicted octanol–water partition coefficient (Wildman–Crippen LogP) is 3.94. The Morgan fingerprint density at radius 2 is 2.00 bits per heavy atom. The molecule has 0 bridgehead atoms. The molecule has 0 aliphatic carbocycles. The molecule has 3 nitrogen and oxygen atoms in total. The summed E-state index contributed by atoms with van der Waals surface area (Å²) in [5, 5.41) is 11.2. The summed E-state index contributed by atoms with van der Waals surface area (Å²) < 4.78 is 1.02. The third-order valence-electron chi connectivity index (χ3n) is 2.09. The van der Waals surface area contributed by atoms with Gasteiger partial charge < -0.3 is 5.32 Å². The van der Waals surface area contributed by atoms with Crippen molar-refractivity contribution in [3.63, 3.8) is 0 Å². The second kappa shape index (κ2) is 4.80. The number of rotatable bonds is 2. The molecule has 0 spiro atoms. The summed E-state index contributed by atoms with van der Waals surface area (Å²) in [6.07, 6.45) is 0. The number of benzene rings is 1. The van der Waals surface area contributed by atoms with E-state index in [0.29, 0.717) is 11.0 Å². The van der Waals surface area contributed by atoms with Gasteiger partial charge in [0, 0.05) is 4.47 Å². The third kappa shape index (κ3) is 2.51. The summed E-state index contributed by atoms with van der Waals surface area (Å²) in [5.41, 5.74) is 2.11. The maximum absolute atomic E-state index is 5.66. The van der Waals surface area contributed by atoms with E-state index < -0.39 is 0 Å². The molecule has 1 aromatic carbocycles. The van der Waals surface area contributed by atoms with E-state index in [1.165, 1.54) is 0 Å². The third-order valence-corrected chi connectivity index (χ3v) is 3.34. The molecule has 0 unspecified atom stereocenters. The maximum Gasteiger partial charge on any atom is 0.153 e. The number of aryl methyl sites for hydroxylation is 1. The Morgan fingerprint density at radius 1 is 1.19 bits per heavy atom. The van der Waals surface area contributed by atoms with Crippen molar-refractivity contribution in [2.75, 3.05) is 5.32 Å². The SMILES string of the molecule is Cc1cccc(Nc2ccc(Cl)nn2)c1Br. The minimum Gasteiger partial charge on any atom is -0.338 e. The van der Waals surface area contributed by atoms with Crippen LogP contribution >= 0.6 is 27.5 Å². The van der Waals surface area contributed by atoms with Crippen molar-refractivity contribution < 1.29 is 0 Å². The lowest BCUT2D eigenvalue weighted by Gasteiger charge is -2.08. The lowest BCUT2D eigenvalue weighted by molar-refractivity contribution is 1.04. The zero-order chi connectivity index (χ0) is 11.5. The Morgan fingerprint density at radius 3 is 2.69 bits per heavy atom. The first-order valence-corrected chi connectivity index (χ1v) is 5.85. The summed E-state index contributed by atoms with van der Waals surface area (Å²) >= 11 is 9.18. The number of hydrogen-bond acceptors (Lipinski definition) is 3. The fourth-order valence-electron chi connectivity index (χ4n) is 1.26. The average Bonchev–Trinajstić information content (AvgIpc) is 2.28. The number of halogens is 2. The Hall–Kier alpha value is -1.13. The minimum atomic E-state index is 0.383. The van der Waals surface area contributed by atoms with Crippen molar-refractivity contribution in [1.29, 1.82) is 0 Å². The van der Waals surface area contributed by atoms with Crippen LogP contribution in [-0.2, 0) is 0 Å². The molecule has 0 atom stereocenters. The minimum absolute atomic E-state index is 0.383. The van der Waals surface area contributed by atoms with Crippen LogP contribution in [0.4, 0.5) is 11.5 Å². The maximum atomic E-state index is 5.66. The Kier molecular flexibility index (Phi) is 3.41. The zero-order valence-electron chi connectivity index (χ0n) is 8.54. The standard InChI is InChI=1S/C11H9BrClN3/c1-7-3-2-4-8(11(7)12)14-10-6-5-9(13)15-16-10/h2-6H,1H3,(H,14,16). The van der Waals surface area contributed by atoms with Crippen LogP contribution in [0.2, 0.25) is 5.15 Å². The Labute approximate surface area is 107 Å². The van der Waals surface area contributed by atoms with Crippen molar-refractivity contribution in [3.05, 3.63) is 45.5 Å². The van der Waals surface area contributed by atoms with Gasteiger partial charge in [-0.2, -0.15) is 0 Å². The van der Waals surface area contributed by atoms with Crippen LogP contribution in [-0.4, -0.2) is 10.2 Å². The zero-order valence-corrected chi connectivity index (χ0v) is 10.9. The highest BCUT2D eigenvalue weighted by atomic mass is 79.9. The van der Waals surface area contributed by atoms with Crippen molar-refractivity contribution in [2.24, 2.45) is 0 Å². The van der Waals surface area contributed by atoms with Crippen LogP contribution in [0.3, 0.4) is 0 Å². The second-order valence-corrected chi connectivity index (χ2v) is 4.48. The van der Waals surface area contributed by atoms with E-state index in [4.69, 9.17) is 11.6 Å². The van der Waals surface area contributed by atoms with E-state index >= 15 is 0 Å². The molecule has 0 amide bonds. The summed E-state index contributed by atoms with van der Waals surface area (Å²) in [6, 6.07) is 9.45. The fourth-order valence-corrected chi connectivity index (χ4v) is 1.73. The molecule has 0 aliphatic heterocycles. The number of hydrogen-bond donors (Lipinski definition) is 1. The summed E-state index contributed by atoms with van der Waals surface area (Å²) in [4.78, 5) is 0. The van der Waals surface area contributed by atoms with Gasteiger partial charge in [-0.3, -0.25) is 0 Å². The smallest absolute Gasteiger partial charge is 0.153 e. The van der Waals surface area contributed by atoms with Crippen molar-refractivity contribution >= 4 is 39.0 Å². The molecule has 1 heterocycles. The van der Waals surface area contributed by atoms with Crippen LogP contribution in [0, 0.1) is 6.92 Å². The summed E-state index contributed by atoms with van der Waals surface area (Å²) in [7, 11) is 0. The van der Waals surface area contributed by atoms with Gasteiger partial charge in [0.1, 0.15) is 0 Å². The quantitative estimate of drug-likeness (QED) is 0.912. The number of aromatic nitrogens is 2. The average molecular weight is 299 g/mol. The van der Waals surface area contributed by atoms with E-state index in [-0.39, 0.29) is 0 Å². The van der Waals surface area contributed by atoms with E-state index in [9.17, 15) is 0 Å². The molecule has 16 heavy (non-hydrogen) atoms. The highest BCUT2D eigenvalue weighted by Gasteiger charge is 2.03. The van der Waals surface area contributed by atoms with Gasteiger partial charge in [-0.25, -0.2) is 0 Å². The highest BCUT2D eigenvalue weighted by Crippen LogP contribution is 2.27. The molecule has 1 N–H and O–H groups in total. The van der Waals surface area contributed by atoms with Crippen molar-refractivity contribution in [2.45, 2.75) is 6.92 Å². The van der Waals surface area contributed by atoms with E-state index in [0.717, 1.165) is 15.7 Å². The first-order valence-electron chi connectivity index (χ1n) is 4.68. The fraction of sp³-hybridized carbons (Fsp3) is 0.0909. The molecule has 2 aromatic rings. The predicted molar refractivity (Wildman–Crippen MR) is 69.2 cm³/mol.